The van der Waals surface area contributed by atoms with Crippen molar-refractivity contribution in [3.8, 4) is 0 Å². The van der Waals surface area contributed by atoms with Crippen molar-refractivity contribution in [2.24, 2.45) is 0 Å². The summed E-state index contributed by atoms with van der Waals surface area (Å²) < 4.78 is 0. The van der Waals surface area contributed by atoms with Gasteiger partial charge in [0, 0.05) is 13.1 Å². The highest BCUT2D eigenvalue weighted by atomic mass is 14.8. The molecule has 0 bridgehead atoms. The van der Waals surface area contributed by atoms with Crippen LogP contribution in [0.5, 0.6) is 0 Å². The summed E-state index contributed by atoms with van der Waals surface area (Å²) in [6.07, 6.45) is 3.35. The van der Waals surface area contributed by atoms with Crippen LogP contribution in [0.4, 0.5) is 0 Å². The van der Waals surface area contributed by atoms with Gasteiger partial charge < -0.3 is 0 Å². The second-order valence-electron chi connectivity index (χ2n) is 4.39. The third-order valence-electron chi connectivity index (χ3n) is 2.93. The second-order valence-corrected chi connectivity index (χ2v) is 4.39. The Morgan fingerprint density at radius 3 is 2.80 bits per heavy atom. The van der Waals surface area contributed by atoms with Gasteiger partial charge >= 0.3 is 0 Å². The van der Waals surface area contributed by atoms with Crippen molar-refractivity contribution in [3.63, 3.8) is 0 Å². The van der Waals surface area contributed by atoms with E-state index in [9.17, 15) is 0 Å². The molecule has 1 aromatic rings. The molecule has 0 atom stereocenters. The fraction of sp³-hybridized carbons (Fsp3) is 0.429. The Kier molecular flexibility index (Phi) is 3.22. The third-order valence-corrected chi connectivity index (χ3v) is 2.93. The number of hydrogen-bond donors (Lipinski definition) is 0. The second kappa shape index (κ2) is 4.63. The summed E-state index contributed by atoms with van der Waals surface area (Å²) in [5.41, 5.74) is 4.28. The minimum absolute atomic E-state index is 0.610. The van der Waals surface area contributed by atoms with Gasteiger partial charge in [-0.05, 0) is 29.0 Å². The monoisotopic (exact) mass is 200 g/mol. The zero-order valence-corrected chi connectivity index (χ0v) is 9.53. The predicted molar refractivity (Wildman–Crippen MR) is 65.0 cm³/mol. The van der Waals surface area contributed by atoms with E-state index in [1.807, 2.05) is 0 Å². The van der Waals surface area contributed by atoms with Crippen LogP contribution in [-0.4, -0.2) is 13.1 Å². The van der Waals surface area contributed by atoms with Crippen molar-refractivity contribution in [2.45, 2.75) is 26.2 Å². The fourth-order valence-corrected chi connectivity index (χ4v) is 1.93. The van der Waals surface area contributed by atoms with Gasteiger partial charge in [-0.15, -0.1) is 0 Å². The SMILES string of the molecule is CC(C)c1cccc(C2=CC[N]CC2)c1. The van der Waals surface area contributed by atoms with Crippen molar-refractivity contribution in [2.75, 3.05) is 13.1 Å². The predicted octanol–water partition coefficient (Wildman–Crippen LogP) is 3.20. The van der Waals surface area contributed by atoms with Crippen LogP contribution in [-0.2, 0) is 0 Å². The van der Waals surface area contributed by atoms with E-state index >= 15 is 0 Å². The van der Waals surface area contributed by atoms with Crippen molar-refractivity contribution >= 4 is 5.57 Å². The molecule has 0 saturated heterocycles. The molecule has 1 aromatic carbocycles. The van der Waals surface area contributed by atoms with Gasteiger partial charge in [0.2, 0.25) is 0 Å². The maximum absolute atomic E-state index is 4.33. The topological polar surface area (TPSA) is 14.1 Å². The number of hydrogen-bond acceptors (Lipinski definition) is 0. The van der Waals surface area contributed by atoms with Crippen molar-refractivity contribution in [1.82, 2.24) is 5.32 Å². The normalized spacial score (nSPS) is 16.6. The van der Waals surface area contributed by atoms with Gasteiger partial charge in [0.15, 0.2) is 0 Å². The molecule has 1 heteroatoms. The minimum atomic E-state index is 0.610. The van der Waals surface area contributed by atoms with E-state index in [2.05, 4.69) is 49.5 Å². The molecule has 0 aromatic heterocycles. The standard InChI is InChI=1S/C14H18N/c1-11(2)13-4-3-5-14(10-13)12-6-8-15-9-7-12/h3-6,10-11H,7-9H2,1-2H3. The third kappa shape index (κ3) is 2.48. The first kappa shape index (κ1) is 10.4. The Balaban J connectivity index is 2.27. The van der Waals surface area contributed by atoms with Gasteiger partial charge in [0.1, 0.15) is 0 Å². The zero-order valence-electron chi connectivity index (χ0n) is 9.53. The van der Waals surface area contributed by atoms with Gasteiger partial charge in [-0.3, -0.25) is 0 Å². The molecule has 0 unspecified atom stereocenters. The molecule has 0 spiro atoms. The lowest BCUT2D eigenvalue weighted by Gasteiger charge is -2.14. The van der Waals surface area contributed by atoms with Crippen LogP contribution >= 0.6 is 0 Å². The molecule has 1 heterocycles. The Morgan fingerprint density at radius 2 is 2.13 bits per heavy atom. The van der Waals surface area contributed by atoms with Gasteiger partial charge in [-0.1, -0.05) is 44.2 Å². The molecule has 1 nitrogen and oxygen atoms in total. The highest BCUT2D eigenvalue weighted by Gasteiger charge is 2.07. The average Bonchev–Trinajstić information content (AvgIpc) is 2.30. The molecule has 1 aliphatic rings. The summed E-state index contributed by atoms with van der Waals surface area (Å²) in [4.78, 5) is 0. The van der Waals surface area contributed by atoms with E-state index in [4.69, 9.17) is 0 Å². The summed E-state index contributed by atoms with van der Waals surface area (Å²) in [5.74, 6) is 0.610. The summed E-state index contributed by atoms with van der Waals surface area (Å²) >= 11 is 0. The van der Waals surface area contributed by atoms with Crippen LogP contribution in [0, 0.1) is 0 Å². The summed E-state index contributed by atoms with van der Waals surface area (Å²) in [5, 5.41) is 4.33. The highest BCUT2D eigenvalue weighted by molar-refractivity contribution is 5.67. The molecular weight excluding hydrogens is 182 g/mol. The Morgan fingerprint density at radius 1 is 1.27 bits per heavy atom. The molecule has 0 amide bonds. The van der Waals surface area contributed by atoms with Crippen LogP contribution in [0.25, 0.3) is 5.57 Å². The van der Waals surface area contributed by atoms with Gasteiger partial charge in [0.05, 0.1) is 0 Å². The van der Waals surface area contributed by atoms with E-state index in [0.29, 0.717) is 5.92 Å². The molecule has 2 rings (SSSR count). The van der Waals surface area contributed by atoms with E-state index in [-0.39, 0.29) is 0 Å². The average molecular weight is 200 g/mol. The minimum Gasteiger partial charge on any atom is -0.237 e. The lowest BCUT2D eigenvalue weighted by atomic mass is 9.95. The van der Waals surface area contributed by atoms with Crippen LogP contribution in [0.1, 0.15) is 37.3 Å². The van der Waals surface area contributed by atoms with Gasteiger partial charge in [-0.25, -0.2) is 5.32 Å². The first-order valence-corrected chi connectivity index (χ1v) is 5.70. The maximum atomic E-state index is 4.33. The lowest BCUT2D eigenvalue weighted by molar-refractivity contribution is 0.723. The molecule has 0 aliphatic carbocycles. The van der Waals surface area contributed by atoms with E-state index in [1.165, 1.54) is 16.7 Å². The van der Waals surface area contributed by atoms with E-state index in [1.54, 1.807) is 0 Å². The molecule has 0 fully saturated rings. The van der Waals surface area contributed by atoms with E-state index in [0.717, 1.165) is 19.5 Å². The Labute approximate surface area is 92.2 Å². The quantitative estimate of drug-likeness (QED) is 0.696. The molecule has 0 saturated carbocycles. The molecule has 15 heavy (non-hydrogen) atoms. The molecule has 0 N–H and O–H groups in total. The van der Waals surface area contributed by atoms with Crippen molar-refractivity contribution in [3.05, 3.63) is 41.5 Å². The Bertz CT molecular complexity index is 363. The molecule has 1 aliphatic heterocycles. The van der Waals surface area contributed by atoms with Crippen molar-refractivity contribution < 1.29 is 0 Å². The van der Waals surface area contributed by atoms with Crippen LogP contribution < -0.4 is 5.32 Å². The number of benzene rings is 1. The number of nitrogens with zero attached hydrogens (tertiary/aromatic N) is 1. The maximum Gasteiger partial charge on any atom is 0.0320 e. The highest BCUT2D eigenvalue weighted by Crippen LogP contribution is 2.23. The van der Waals surface area contributed by atoms with Gasteiger partial charge in [-0.2, -0.15) is 0 Å². The largest absolute Gasteiger partial charge is 0.237 e. The zero-order chi connectivity index (χ0) is 10.7. The Hall–Kier alpha value is -1.08. The molecule has 79 valence electrons. The fourth-order valence-electron chi connectivity index (χ4n) is 1.93. The van der Waals surface area contributed by atoms with Crippen molar-refractivity contribution in [1.29, 1.82) is 0 Å². The van der Waals surface area contributed by atoms with E-state index < -0.39 is 0 Å². The first-order valence-electron chi connectivity index (χ1n) is 5.70. The summed E-state index contributed by atoms with van der Waals surface area (Å²) in [6.45, 7) is 6.35. The number of rotatable bonds is 2. The van der Waals surface area contributed by atoms with Gasteiger partial charge in [0.25, 0.3) is 0 Å². The summed E-state index contributed by atoms with van der Waals surface area (Å²) in [6, 6.07) is 8.91. The molecule has 1 radical (unpaired) electrons. The molecular formula is C14H18N. The van der Waals surface area contributed by atoms with Crippen LogP contribution in [0.15, 0.2) is 30.3 Å². The lowest BCUT2D eigenvalue weighted by Crippen LogP contribution is -2.12. The smallest absolute Gasteiger partial charge is 0.0320 e. The van der Waals surface area contributed by atoms with Crippen LogP contribution in [0.2, 0.25) is 0 Å². The first-order chi connectivity index (χ1) is 7.27. The van der Waals surface area contributed by atoms with Crippen LogP contribution in [0.3, 0.4) is 0 Å². The summed E-state index contributed by atoms with van der Waals surface area (Å²) in [7, 11) is 0.